The van der Waals surface area contributed by atoms with E-state index in [2.05, 4.69) is 36.3 Å². The number of amides is 3. The minimum atomic E-state index is -0.593. The molecule has 4 rings (SSSR count). The second-order valence-electron chi connectivity index (χ2n) is 6.35. The number of aromatic nitrogens is 4. The summed E-state index contributed by atoms with van der Waals surface area (Å²) in [6.45, 7) is 0.549. The quantitative estimate of drug-likeness (QED) is 0.230. The van der Waals surface area contributed by atoms with E-state index in [1.165, 1.54) is 16.8 Å². The molecule has 2 aromatic heterocycles. The number of nitrogens with zero attached hydrogens (tertiary/aromatic N) is 4. The Morgan fingerprint density at radius 3 is 2.83 bits per heavy atom. The number of aliphatic hydroxyl groups is 1. The van der Waals surface area contributed by atoms with Crippen LogP contribution in [0.25, 0.3) is 11.7 Å². The number of carbonyl (C=O) groups is 2. The molecule has 30 heavy (non-hydrogen) atoms. The van der Waals surface area contributed by atoms with Crippen LogP contribution in [0.2, 0.25) is 0 Å². The van der Waals surface area contributed by atoms with Crippen molar-refractivity contribution in [2.45, 2.75) is 6.54 Å². The predicted molar refractivity (Wildman–Crippen MR) is 109 cm³/mol. The molecule has 0 aliphatic carbocycles. The van der Waals surface area contributed by atoms with Crippen molar-refractivity contribution < 1.29 is 14.7 Å². The van der Waals surface area contributed by atoms with Gasteiger partial charge < -0.3 is 26.8 Å². The van der Waals surface area contributed by atoms with Gasteiger partial charge in [-0.15, -0.1) is 0 Å². The Morgan fingerprint density at radius 1 is 1.23 bits per heavy atom. The van der Waals surface area contributed by atoms with E-state index >= 15 is 0 Å². The number of benzene rings is 1. The van der Waals surface area contributed by atoms with Gasteiger partial charge in [-0.3, -0.25) is 10.1 Å². The smallest absolute Gasteiger partial charge is 0.326 e. The van der Waals surface area contributed by atoms with E-state index in [1.807, 2.05) is 24.3 Å². The first-order chi connectivity index (χ1) is 14.6. The Bertz CT molecular complexity index is 1160. The van der Waals surface area contributed by atoms with Gasteiger partial charge in [-0.2, -0.15) is 19.6 Å². The molecule has 1 aliphatic heterocycles. The largest absolute Gasteiger partial charge is 0.395 e. The Kier molecular flexibility index (Phi) is 5.24. The van der Waals surface area contributed by atoms with Crippen LogP contribution in [-0.4, -0.2) is 49.8 Å². The molecule has 0 radical (unpaired) electrons. The average Bonchev–Trinajstić information content (AvgIpc) is 3.28. The van der Waals surface area contributed by atoms with Crippen molar-refractivity contribution in [3.8, 4) is 0 Å². The number of urea groups is 1. The molecule has 0 saturated carbocycles. The standard InChI is InChI=1S/C18H19N9O3/c19-8-10-2-1-3-12(6-10)22-16-24-14-11(7-13-15(29)25-18(30)23-13)9-21-27(14)17(26-16)20-4-5-28/h1-3,6-7,9,28H,4-5,8,19H2,(H2,20,22,24,26)(H2,23,25,29,30)/b13-7-. The molecule has 154 valence electrons. The van der Waals surface area contributed by atoms with E-state index in [1.54, 1.807) is 0 Å². The number of aliphatic hydroxyl groups excluding tert-OH is 1. The molecule has 1 saturated heterocycles. The maximum Gasteiger partial charge on any atom is 0.326 e. The number of rotatable bonds is 7. The minimum Gasteiger partial charge on any atom is -0.395 e. The fourth-order valence-corrected chi connectivity index (χ4v) is 2.88. The number of carbonyl (C=O) groups excluding carboxylic acids is 2. The third-order valence-corrected chi connectivity index (χ3v) is 4.23. The number of hydrogen-bond acceptors (Lipinski definition) is 9. The Morgan fingerprint density at radius 2 is 2.10 bits per heavy atom. The highest BCUT2D eigenvalue weighted by atomic mass is 16.3. The molecule has 3 amide bonds. The fraction of sp³-hybridized carbons (Fsp3) is 0.167. The van der Waals surface area contributed by atoms with Crippen LogP contribution in [0.1, 0.15) is 11.1 Å². The summed E-state index contributed by atoms with van der Waals surface area (Å²) in [4.78, 5) is 32.1. The molecule has 1 aliphatic rings. The number of hydrogen-bond donors (Lipinski definition) is 6. The molecule has 12 heteroatoms. The third-order valence-electron chi connectivity index (χ3n) is 4.23. The monoisotopic (exact) mass is 409 g/mol. The number of imide groups is 1. The zero-order valence-corrected chi connectivity index (χ0v) is 15.7. The summed E-state index contributed by atoms with van der Waals surface area (Å²) in [6.07, 6.45) is 2.97. The maximum atomic E-state index is 11.8. The van der Waals surface area contributed by atoms with E-state index in [4.69, 9.17) is 10.8 Å². The van der Waals surface area contributed by atoms with Crippen molar-refractivity contribution in [2.75, 3.05) is 23.8 Å². The summed E-state index contributed by atoms with van der Waals surface area (Å²) < 4.78 is 1.44. The van der Waals surface area contributed by atoms with Gasteiger partial charge in [-0.1, -0.05) is 12.1 Å². The number of nitrogens with two attached hydrogens (primary N) is 1. The van der Waals surface area contributed by atoms with E-state index in [0.29, 0.717) is 23.7 Å². The topological polar surface area (TPSA) is 172 Å². The normalized spacial score (nSPS) is 14.8. The van der Waals surface area contributed by atoms with Gasteiger partial charge in [-0.25, -0.2) is 4.79 Å². The molecular weight excluding hydrogens is 390 g/mol. The van der Waals surface area contributed by atoms with Crippen LogP contribution in [0.5, 0.6) is 0 Å². The van der Waals surface area contributed by atoms with Gasteiger partial charge in [0.15, 0.2) is 5.65 Å². The van der Waals surface area contributed by atoms with Gasteiger partial charge in [0.2, 0.25) is 11.9 Å². The third kappa shape index (κ3) is 3.90. The molecule has 3 aromatic rings. The van der Waals surface area contributed by atoms with Crippen LogP contribution in [0.3, 0.4) is 0 Å². The molecule has 3 heterocycles. The van der Waals surface area contributed by atoms with Crippen molar-refractivity contribution in [3.63, 3.8) is 0 Å². The van der Waals surface area contributed by atoms with E-state index in [-0.39, 0.29) is 24.8 Å². The predicted octanol–water partition coefficient (Wildman–Crippen LogP) is -0.0889. The Hall–Kier alpha value is -4.03. The van der Waals surface area contributed by atoms with Gasteiger partial charge in [0, 0.05) is 24.3 Å². The molecule has 0 bridgehead atoms. The SMILES string of the molecule is NCc1cccc(Nc2nc(NCCO)n3ncc(/C=C4\NC(=O)NC4=O)c3n2)c1. The summed E-state index contributed by atoms with van der Waals surface area (Å²) in [7, 11) is 0. The molecule has 0 unspecified atom stereocenters. The van der Waals surface area contributed by atoms with Gasteiger partial charge in [0.05, 0.1) is 12.8 Å². The maximum absolute atomic E-state index is 11.8. The second-order valence-corrected chi connectivity index (χ2v) is 6.35. The van der Waals surface area contributed by atoms with Gasteiger partial charge in [0.1, 0.15) is 5.70 Å². The molecule has 0 atom stereocenters. The molecule has 0 spiro atoms. The van der Waals surface area contributed by atoms with Gasteiger partial charge >= 0.3 is 6.03 Å². The van der Waals surface area contributed by atoms with Crippen molar-refractivity contribution in [1.29, 1.82) is 0 Å². The molecule has 12 nitrogen and oxygen atoms in total. The zero-order valence-electron chi connectivity index (χ0n) is 15.7. The zero-order chi connectivity index (χ0) is 21.1. The Balaban J connectivity index is 1.76. The lowest BCUT2D eigenvalue weighted by atomic mass is 10.2. The van der Waals surface area contributed by atoms with Crippen LogP contribution in [-0.2, 0) is 11.3 Å². The molecule has 1 fully saturated rings. The Labute approximate surface area is 170 Å². The summed E-state index contributed by atoms with van der Waals surface area (Å²) >= 11 is 0. The number of anilines is 3. The highest BCUT2D eigenvalue weighted by molar-refractivity contribution is 6.14. The van der Waals surface area contributed by atoms with Crippen molar-refractivity contribution in [3.05, 3.63) is 47.3 Å². The second kappa shape index (κ2) is 8.14. The number of nitrogens with one attached hydrogen (secondary N) is 4. The van der Waals surface area contributed by atoms with E-state index < -0.39 is 11.9 Å². The minimum absolute atomic E-state index is 0.0866. The van der Waals surface area contributed by atoms with Crippen molar-refractivity contribution >= 4 is 41.2 Å². The lowest BCUT2D eigenvalue weighted by Gasteiger charge is -2.10. The average molecular weight is 409 g/mol. The first-order valence-corrected chi connectivity index (χ1v) is 9.08. The highest BCUT2D eigenvalue weighted by Crippen LogP contribution is 2.21. The van der Waals surface area contributed by atoms with E-state index in [9.17, 15) is 9.59 Å². The van der Waals surface area contributed by atoms with E-state index in [0.717, 1.165) is 11.3 Å². The van der Waals surface area contributed by atoms with Crippen LogP contribution >= 0.6 is 0 Å². The van der Waals surface area contributed by atoms with Crippen LogP contribution < -0.4 is 27.0 Å². The fourth-order valence-electron chi connectivity index (χ4n) is 2.88. The first-order valence-electron chi connectivity index (χ1n) is 9.08. The van der Waals surface area contributed by atoms with Gasteiger partial charge in [-0.05, 0) is 23.8 Å². The lowest BCUT2D eigenvalue weighted by Crippen LogP contribution is -2.22. The number of fused-ring (bicyclic) bond motifs is 1. The molecular formula is C18H19N9O3. The first kappa shape index (κ1) is 19.3. The molecule has 1 aromatic carbocycles. The lowest BCUT2D eigenvalue weighted by molar-refractivity contribution is -0.115. The highest BCUT2D eigenvalue weighted by Gasteiger charge is 2.24. The van der Waals surface area contributed by atoms with Crippen LogP contribution in [0, 0.1) is 0 Å². The van der Waals surface area contributed by atoms with Crippen LogP contribution in [0.4, 0.5) is 22.4 Å². The summed E-state index contributed by atoms with van der Waals surface area (Å²) in [6, 6.07) is 6.91. The van der Waals surface area contributed by atoms with Gasteiger partial charge in [0.25, 0.3) is 5.91 Å². The van der Waals surface area contributed by atoms with Crippen molar-refractivity contribution in [1.82, 2.24) is 30.2 Å². The summed E-state index contributed by atoms with van der Waals surface area (Å²) in [5.74, 6) is 0.0808. The molecule has 7 N–H and O–H groups in total. The van der Waals surface area contributed by atoms with Crippen LogP contribution in [0.15, 0.2) is 36.2 Å². The summed E-state index contributed by atoms with van der Waals surface area (Å²) in [5.41, 5.74) is 8.36. The summed E-state index contributed by atoms with van der Waals surface area (Å²) in [5, 5.41) is 24.1. The van der Waals surface area contributed by atoms with Crippen molar-refractivity contribution in [2.24, 2.45) is 5.73 Å².